The predicted molar refractivity (Wildman–Crippen MR) is 105 cm³/mol. The highest BCUT2D eigenvalue weighted by molar-refractivity contribution is 5.63. The average Bonchev–Trinajstić information content (AvgIpc) is 2.75. The fourth-order valence-corrected chi connectivity index (χ4v) is 4.11. The second kappa shape index (κ2) is 7.14. The summed E-state index contributed by atoms with van der Waals surface area (Å²) < 4.78 is 0. The third kappa shape index (κ3) is 3.13. The number of nitrogens with zero attached hydrogens (tertiary/aromatic N) is 2. The number of hydrogen-bond donors (Lipinski definition) is 0. The first-order chi connectivity index (χ1) is 12.8. The molecule has 1 aromatic heterocycles. The van der Waals surface area contributed by atoms with Crippen molar-refractivity contribution in [1.29, 1.82) is 5.26 Å². The van der Waals surface area contributed by atoms with E-state index >= 15 is 0 Å². The Hall–Kier alpha value is -2.92. The Morgan fingerprint density at radius 3 is 2.15 bits per heavy atom. The minimum absolute atomic E-state index is 0.338. The average molecular weight is 338 g/mol. The van der Waals surface area contributed by atoms with Gasteiger partial charge in [0.1, 0.15) is 0 Å². The SMILES string of the molecule is N#CC1(c2ccccc2)CCC(c2cc(-c3ccccc3)ccn2)CC1. The Bertz CT molecular complexity index is 902. The molecule has 2 aromatic carbocycles. The molecule has 0 unspecified atom stereocenters. The summed E-state index contributed by atoms with van der Waals surface area (Å²) in [6.07, 6.45) is 5.73. The molecule has 0 N–H and O–H groups in total. The molecule has 0 radical (unpaired) electrons. The molecule has 3 aromatic rings. The summed E-state index contributed by atoms with van der Waals surface area (Å²) in [5, 5.41) is 9.88. The van der Waals surface area contributed by atoms with E-state index in [4.69, 9.17) is 0 Å². The highest BCUT2D eigenvalue weighted by Gasteiger charge is 2.37. The third-order valence-electron chi connectivity index (χ3n) is 5.69. The molecule has 0 spiro atoms. The Balaban J connectivity index is 1.55. The second-order valence-corrected chi connectivity index (χ2v) is 7.17. The Labute approximate surface area is 155 Å². The molecule has 2 nitrogen and oxygen atoms in total. The van der Waals surface area contributed by atoms with Crippen LogP contribution in [0.2, 0.25) is 0 Å². The monoisotopic (exact) mass is 338 g/mol. The van der Waals surface area contributed by atoms with Crippen molar-refractivity contribution >= 4 is 0 Å². The Morgan fingerprint density at radius 1 is 0.846 bits per heavy atom. The summed E-state index contributed by atoms with van der Waals surface area (Å²) in [7, 11) is 0. The summed E-state index contributed by atoms with van der Waals surface area (Å²) in [5.74, 6) is 0.434. The van der Waals surface area contributed by atoms with Crippen LogP contribution in [-0.4, -0.2) is 4.98 Å². The van der Waals surface area contributed by atoms with Gasteiger partial charge in [0.05, 0.1) is 11.5 Å². The molecule has 0 saturated heterocycles. The maximum atomic E-state index is 9.88. The molecule has 1 aliphatic rings. The van der Waals surface area contributed by atoms with Crippen LogP contribution in [0.15, 0.2) is 79.0 Å². The molecule has 1 heterocycles. The standard InChI is InChI=1S/C24H22N2/c25-18-24(22-9-5-2-6-10-22)14-11-20(12-15-24)23-17-21(13-16-26-23)19-7-3-1-4-8-19/h1-10,13,16-17,20H,11-12,14-15H2. The van der Waals surface area contributed by atoms with Crippen LogP contribution >= 0.6 is 0 Å². The Kier molecular flexibility index (Phi) is 4.54. The largest absolute Gasteiger partial charge is 0.261 e. The zero-order valence-electron chi connectivity index (χ0n) is 14.8. The lowest BCUT2D eigenvalue weighted by atomic mass is 9.67. The number of rotatable bonds is 3. The van der Waals surface area contributed by atoms with E-state index in [9.17, 15) is 5.26 Å². The maximum absolute atomic E-state index is 9.88. The van der Waals surface area contributed by atoms with E-state index in [0.29, 0.717) is 5.92 Å². The van der Waals surface area contributed by atoms with Gasteiger partial charge < -0.3 is 0 Å². The van der Waals surface area contributed by atoms with Crippen molar-refractivity contribution in [2.75, 3.05) is 0 Å². The van der Waals surface area contributed by atoms with Crippen LogP contribution in [-0.2, 0) is 5.41 Å². The first-order valence-corrected chi connectivity index (χ1v) is 9.29. The van der Waals surface area contributed by atoms with Gasteiger partial charge in [-0.25, -0.2) is 0 Å². The van der Waals surface area contributed by atoms with Gasteiger partial charge in [0.2, 0.25) is 0 Å². The number of pyridine rings is 1. The molecule has 0 atom stereocenters. The molecule has 26 heavy (non-hydrogen) atoms. The van der Waals surface area contributed by atoms with E-state index in [1.165, 1.54) is 11.1 Å². The molecule has 128 valence electrons. The van der Waals surface area contributed by atoms with Crippen molar-refractivity contribution in [3.8, 4) is 17.2 Å². The molecule has 1 aliphatic carbocycles. The van der Waals surface area contributed by atoms with Gasteiger partial charge in [-0.3, -0.25) is 4.98 Å². The minimum atomic E-state index is -0.338. The summed E-state index contributed by atoms with van der Waals surface area (Å²) in [6.45, 7) is 0. The number of nitriles is 1. The molecule has 0 bridgehead atoms. The zero-order valence-corrected chi connectivity index (χ0v) is 14.8. The van der Waals surface area contributed by atoms with E-state index in [1.54, 1.807) is 0 Å². The minimum Gasteiger partial charge on any atom is -0.261 e. The van der Waals surface area contributed by atoms with Crippen LogP contribution in [0.1, 0.15) is 42.9 Å². The van der Waals surface area contributed by atoms with Crippen LogP contribution in [0.4, 0.5) is 0 Å². The number of aromatic nitrogens is 1. The van der Waals surface area contributed by atoms with Gasteiger partial charge in [-0.1, -0.05) is 60.7 Å². The summed E-state index contributed by atoms with van der Waals surface area (Å²) in [4.78, 5) is 4.65. The first kappa shape index (κ1) is 16.5. The predicted octanol–water partition coefficient (Wildman–Crippen LogP) is 5.87. The van der Waals surface area contributed by atoms with Gasteiger partial charge in [0.15, 0.2) is 0 Å². The highest BCUT2D eigenvalue weighted by atomic mass is 14.7. The lowest BCUT2D eigenvalue weighted by Gasteiger charge is -2.35. The van der Waals surface area contributed by atoms with Gasteiger partial charge in [-0.2, -0.15) is 5.26 Å². The molecule has 4 rings (SSSR count). The molecule has 1 fully saturated rings. The van der Waals surface area contributed by atoms with Crippen molar-refractivity contribution in [2.45, 2.75) is 37.0 Å². The van der Waals surface area contributed by atoms with Crippen LogP contribution in [0, 0.1) is 11.3 Å². The molecule has 2 heteroatoms. The lowest BCUT2D eigenvalue weighted by molar-refractivity contribution is 0.328. The van der Waals surface area contributed by atoms with Crippen molar-refractivity contribution < 1.29 is 0 Å². The van der Waals surface area contributed by atoms with Gasteiger partial charge in [0.25, 0.3) is 0 Å². The van der Waals surface area contributed by atoms with Gasteiger partial charge in [-0.15, -0.1) is 0 Å². The summed E-state index contributed by atoms with van der Waals surface area (Å²) in [5.41, 5.74) is 4.42. The third-order valence-corrected chi connectivity index (χ3v) is 5.69. The van der Waals surface area contributed by atoms with Crippen LogP contribution in [0.3, 0.4) is 0 Å². The molecular formula is C24H22N2. The highest BCUT2D eigenvalue weighted by Crippen LogP contribution is 2.44. The van der Waals surface area contributed by atoms with E-state index in [-0.39, 0.29) is 5.41 Å². The summed E-state index contributed by atoms with van der Waals surface area (Å²) >= 11 is 0. The van der Waals surface area contributed by atoms with Crippen LogP contribution in [0.5, 0.6) is 0 Å². The Morgan fingerprint density at radius 2 is 1.50 bits per heavy atom. The topological polar surface area (TPSA) is 36.7 Å². The van der Waals surface area contributed by atoms with E-state index in [0.717, 1.165) is 36.9 Å². The smallest absolute Gasteiger partial charge is 0.0822 e. The van der Waals surface area contributed by atoms with E-state index in [1.807, 2.05) is 30.5 Å². The maximum Gasteiger partial charge on any atom is 0.0822 e. The second-order valence-electron chi connectivity index (χ2n) is 7.17. The van der Waals surface area contributed by atoms with Gasteiger partial charge in [-0.05, 0) is 54.5 Å². The number of benzene rings is 2. The fraction of sp³-hybridized carbons (Fsp3) is 0.250. The zero-order chi connectivity index (χ0) is 17.8. The quantitative estimate of drug-likeness (QED) is 0.599. The van der Waals surface area contributed by atoms with Crippen molar-refractivity contribution in [1.82, 2.24) is 4.98 Å². The normalized spacial score (nSPS) is 22.5. The molecule has 0 amide bonds. The molecule has 1 saturated carbocycles. The van der Waals surface area contributed by atoms with Crippen molar-refractivity contribution in [2.24, 2.45) is 0 Å². The first-order valence-electron chi connectivity index (χ1n) is 9.29. The van der Waals surface area contributed by atoms with Crippen molar-refractivity contribution in [3.05, 3.63) is 90.3 Å². The van der Waals surface area contributed by atoms with Crippen molar-refractivity contribution in [3.63, 3.8) is 0 Å². The number of hydrogen-bond acceptors (Lipinski definition) is 2. The summed E-state index contributed by atoms with van der Waals surface area (Å²) in [6, 6.07) is 27.6. The van der Waals surface area contributed by atoms with Crippen LogP contribution < -0.4 is 0 Å². The fourth-order valence-electron chi connectivity index (χ4n) is 4.11. The van der Waals surface area contributed by atoms with Crippen LogP contribution in [0.25, 0.3) is 11.1 Å². The van der Waals surface area contributed by atoms with E-state index < -0.39 is 0 Å². The van der Waals surface area contributed by atoms with Gasteiger partial charge in [0, 0.05) is 17.8 Å². The van der Waals surface area contributed by atoms with Gasteiger partial charge >= 0.3 is 0 Å². The molecule has 0 aliphatic heterocycles. The molecular weight excluding hydrogens is 316 g/mol. The lowest BCUT2D eigenvalue weighted by Crippen LogP contribution is -2.29. The van der Waals surface area contributed by atoms with E-state index in [2.05, 4.69) is 59.6 Å².